The monoisotopic (exact) mass is 495 g/mol. The van der Waals surface area contributed by atoms with Crippen molar-refractivity contribution in [3.05, 3.63) is 42.0 Å². The first-order valence-corrected chi connectivity index (χ1v) is 11.2. The van der Waals surface area contributed by atoms with Crippen molar-refractivity contribution in [2.75, 3.05) is 31.1 Å². The summed E-state index contributed by atoms with van der Waals surface area (Å²) >= 11 is 0. The third-order valence-corrected chi connectivity index (χ3v) is 6.82. The van der Waals surface area contributed by atoms with Gasteiger partial charge in [0, 0.05) is 32.4 Å². The Hall–Kier alpha value is -3.38. The van der Waals surface area contributed by atoms with Crippen molar-refractivity contribution in [1.82, 2.24) is 29.6 Å². The van der Waals surface area contributed by atoms with E-state index < -0.39 is 24.8 Å². The van der Waals surface area contributed by atoms with E-state index in [1.807, 2.05) is 4.90 Å². The topological polar surface area (TPSA) is 80.0 Å². The molecule has 3 aromatic rings. The first-order chi connectivity index (χ1) is 16.6. The maximum absolute atomic E-state index is 12.8. The van der Waals surface area contributed by atoms with Crippen LogP contribution in [0.2, 0.25) is 0 Å². The quantitative estimate of drug-likeness (QED) is 0.515. The van der Waals surface area contributed by atoms with Crippen molar-refractivity contribution in [2.24, 2.45) is 5.41 Å². The SMILES string of the molecule is O=C(c1ccc(C(F)(F)F)nc1)N1CCC2(CCN(c3cnc4cnn(CC(F)F)c4n3)CC2)C1. The van der Waals surface area contributed by atoms with Crippen LogP contribution in [0.4, 0.5) is 27.8 Å². The second kappa shape index (κ2) is 8.68. The Morgan fingerprint density at radius 2 is 1.77 bits per heavy atom. The Labute approximate surface area is 196 Å². The molecule has 1 amide bonds. The average Bonchev–Trinajstić information content (AvgIpc) is 3.42. The zero-order valence-electron chi connectivity index (χ0n) is 18.5. The van der Waals surface area contributed by atoms with Gasteiger partial charge in [0.05, 0.1) is 18.0 Å². The fourth-order valence-electron chi connectivity index (χ4n) is 4.85. The molecule has 0 radical (unpaired) electrons. The van der Waals surface area contributed by atoms with Crippen molar-refractivity contribution < 1.29 is 26.7 Å². The number of halogens is 5. The maximum Gasteiger partial charge on any atom is 0.433 e. The lowest BCUT2D eigenvalue weighted by atomic mass is 9.78. The summed E-state index contributed by atoms with van der Waals surface area (Å²) in [4.78, 5) is 28.8. The lowest BCUT2D eigenvalue weighted by Gasteiger charge is -2.39. The molecular formula is C22H22F5N7O. The molecular weight excluding hydrogens is 473 g/mol. The second-order valence-corrected chi connectivity index (χ2v) is 9.05. The summed E-state index contributed by atoms with van der Waals surface area (Å²) in [7, 11) is 0. The molecule has 2 saturated heterocycles. The van der Waals surface area contributed by atoms with Crippen LogP contribution in [0.5, 0.6) is 0 Å². The molecule has 0 aliphatic carbocycles. The van der Waals surface area contributed by atoms with Gasteiger partial charge in [-0.3, -0.25) is 9.78 Å². The molecule has 2 aliphatic heterocycles. The Morgan fingerprint density at radius 3 is 2.43 bits per heavy atom. The smallest absolute Gasteiger partial charge is 0.355 e. The molecule has 3 aromatic heterocycles. The van der Waals surface area contributed by atoms with Crippen LogP contribution in [0.15, 0.2) is 30.7 Å². The molecule has 13 heteroatoms. The fraction of sp³-hybridized carbons (Fsp3) is 0.500. The van der Waals surface area contributed by atoms with Gasteiger partial charge in [0.2, 0.25) is 0 Å². The Morgan fingerprint density at radius 1 is 1.03 bits per heavy atom. The zero-order chi connectivity index (χ0) is 24.8. The molecule has 5 rings (SSSR count). The van der Waals surface area contributed by atoms with Crippen molar-refractivity contribution in [3.8, 4) is 0 Å². The number of rotatable bonds is 4. The van der Waals surface area contributed by atoms with Gasteiger partial charge < -0.3 is 9.80 Å². The number of pyridine rings is 1. The summed E-state index contributed by atoms with van der Waals surface area (Å²) in [6, 6.07) is 1.99. The molecule has 8 nitrogen and oxygen atoms in total. The Balaban J connectivity index is 1.23. The summed E-state index contributed by atoms with van der Waals surface area (Å²) in [5.41, 5.74) is -0.216. The number of fused-ring (bicyclic) bond motifs is 1. The number of alkyl halides is 5. The molecule has 0 saturated carbocycles. The zero-order valence-corrected chi connectivity index (χ0v) is 18.5. The highest BCUT2D eigenvalue weighted by Crippen LogP contribution is 2.41. The van der Waals surface area contributed by atoms with Crippen LogP contribution >= 0.6 is 0 Å². The standard InChI is InChI=1S/C22H22F5N7O/c23-17(24)12-34-19-15(10-30-34)28-11-18(31-19)32-6-3-21(4-7-32)5-8-33(13-21)20(35)14-1-2-16(29-9-14)22(25,26)27/h1-2,9-11,17H,3-8,12-13H2. The van der Waals surface area contributed by atoms with Gasteiger partial charge in [0.1, 0.15) is 23.6 Å². The van der Waals surface area contributed by atoms with Gasteiger partial charge in [-0.2, -0.15) is 18.3 Å². The lowest BCUT2D eigenvalue weighted by Crippen LogP contribution is -2.42. The molecule has 0 aromatic carbocycles. The highest BCUT2D eigenvalue weighted by molar-refractivity contribution is 5.94. The first-order valence-electron chi connectivity index (χ1n) is 11.2. The molecule has 0 bridgehead atoms. The minimum Gasteiger partial charge on any atom is -0.355 e. The molecule has 5 heterocycles. The van der Waals surface area contributed by atoms with Crippen LogP contribution in [0.25, 0.3) is 11.2 Å². The second-order valence-electron chi connectivity index (χ2n) is 9.05. The highest BCUT2D eigenvalue weighted by atomic mass is 19.4. The average molecular weight is 495 g/mol. The summed E-state index contributed by atoms with van der Waals surface area (Å²) in [5.74, 6) is 0.263. The van der Waals surface area contributed by atoms with Gasteiger partial charge in [-0.05, 0) is 36.8 Å². The maximum atomic E-state index is 12.8. The van der Waals surface area contributed by atoms with Crippen LogP contribution in [0.1, 0.15) is 35.3 Å². The number of amides is 1. The van der Waals surface area contributed by atoms with Crippen molar-refractivity contribution in [1.29, 1.82) is 0 Å². The fourth-order valence-corrected chi connectivity index (χ4v) is 4.85. The van der Waals surface area contributed by atoms with Crippen molar-refractivity contribution in [3.63, 3.8) is 0 Å². The summed E-state index contributed by atoms with van der Waals surface area (Å²) < 4.78 is 65.0. The molecule has 1 spiro atoms. The third-order valence-electron chi connectivity index (χ3n) is 6.82. The molecule has 0 atom stereocenters. The first kappa shape index (κ1) is 23.4. The number of nitrogens with zero attached hydrogens (tertiary/aromatic N) is 7. The van der Waals surface area contributed by atoms with Gasteiger partial charge in [-0.15, -0.1) is 0 Å². The number of piperidine rings is 1. The number of carbonyl (C=O) groups is 1. The van der Waals surface area contributed by atoms with E-state index in [0.717, 1.165) is 36.2 Å². The van der Waals surface area contributed by atoms with Crippen molar-refractivity contribution in [2.45, 2.75) is 38.4 Å². The van der Waals surface area contributed by atoms with E-state index in [2.05, 4.69) is 20.1 Å². The largest absolute Gasteiger partial charge is 0.433 e. The van der Waals surface area contributed by atoms with E-state index in [1.165, 1.54) is 12.3 Å². The van der Waals surface area contributed by atoms with E-state index >= 15 is 0 Å². The molecule has 0 N–H and O–H groups in total. The number of anilines is 1. The number of aromatic nitrogens is 5. The van der Waals surface area contributed by atoms with Gasteiger partial charge in [-0.1, -0.05) is 0 Å². The summed E-state index contributed by atoms with van der Waals surface area (Å²) in [6.45, 7) is 1.81. The number of carbonyl (C=O) groups excluding carboxylic acids is 1. The van der Waals surface area contributed by atoms with E-state index in [0.29, 0.717) is 43.2 Å². The van der Waals surface area contributed by atoms with Crippen LogP contribution in [0, 0.1) is 5.41 Å². The Bertz CT molecular complexity index is 1220. The van der Waals surface area contributed by atoms with E-state index in [9.17, 15) is 26.7 Å². The minimum atomic E-state index is -4.55. The van der Waals surface area contributed by atoms with Gasteiger partial charge in [-0.25, -0.2) is 23.4 Å². The normalized spacial score (nSPS) is 18.2. The summed E-state index contributed by atoms with van der Waals surface area (Å²) in [6.07, 6.45) is -0.725. The number of likely N-dealkylation sites (tertiary alicyclic amines) is 1. The highest BCUT2D eigenvalue weighted by Gasteiger charge is 2.42. The summed E-state index contributed by atoms with van der Waals surface area (Å²) in [5, 5.41) is 3.94. The van der Waals surface area contributed by atoms with Crippen molar-refractivity contribution >= 4 is 22.9 Å². The van der Waals surface area contributed by atoms with E-state index in [1.54, 1.807) is 11.1 Å². The van der Waals surface area contributed by atoms with Crippen LogP contribution < -0.4 is 4.90 Å². The van der Waals surface area contributed by atoms with Gasteiger partial charge >= 0.3 is 6.18 Å². The van der Waals surface area contributed by atoms with Crippen LogP contribution in [0.3, 0.4) is 0 Å². The molecule has 35 heavy (non-hydrogen) atoms. The Kier molecular flexibility index (Phi) is 5.80. The third kappa shape index (κ3) is 4.63. The minimum absolute atomic E-state index is 0.0829. The van der Waals surface area contributed by atoms with E-state index in [4.69, 9.17) is 0 Å². The van der Waals surface area contributed by atoms with Gasteiger partial charge in [0.25, 0.3) is 12.3 Å². The molecule has 2 fully saturated rings. The van der Waals surface area contributed by atoms with Crippen LogP contribution in [-0.2, 0) is 12.7 Å². The lowest BCUT2D eigenvalue weighted by molar-refractivity contribution is -0.141. The van der Waals surface area contributed by atoms with Crippen LogP contribution in [-0.4, -0.2) is 68.1 Å². The number of hydrogen-bond acceptors (Lipinski definition) is 6. The van der Waals surface area contributed by atoms with E-state index in [-0.39, 0.29) is 16.9 Å². The molecule has 186 valence electrons. The predicted octanol–water partition coefficient (Wildman–Crippen LogP) is 3.64. The molecule has 2 aliphatic rings. The molecule has 0 unspecified atom stereocenters. The van der Waals surface area contributed by atoms with Gasteiger partial charge in [0.15, 0.2) is 5.65 Å². The predicted molar refractivity (Wildman–Crippen MR) is 115 cm³/mol. The number of hydrogen-bond donors (Lipinski definition) is 0.